The average Bonchev–Trinajstić information content (AvgIpc) is 3.13. The lowest BCUT2D eigenvalue weighted by Gasteiger charge is -2.12. The van der Waals surface area contributed by atoms with Crippen LogP contribution in [0.5, 0.6) is 5.75 Å². The minimum atomic E-state index is -0.969. The Balaban J connectivity index is 1.55. The van der Waals surface area contributed by atoms with E-state index in [2.05, 4.69) is 4.99 Å². The summed E-state index contributed by atoms with van der Waals surface area (Å²) in [4.78, 5) is 30.9. The summed E-state index contributed by atoms with van der Waals surface area (Å²) in [5, 5.41) is 10.3. The molecule has 4 rings (SSSR count). The van der Waals surface area contributed by atoms with Crippen LogP contribution < -0.4 is 4.74 Å². The van der Waals surface area contributed by atoms with E-state index in [9.17, 15) is 9.59 Å². The molecule has 3 aromatic rings. The zero-order valence-corrected chi connectivity index (χ0v) is 19.8. The number of halogens is 1. The van der Waals surface area contributed by atoms with E-state index in [1.165, 1.54) is 11.8 Å². The number of nitrogens with zero attached hydrogens (tertiary/aromatic N) is 2. The fourth-order valence-electron chi connectivity index (χ4n) is 3.27. The van der Waals surface area contributed by atoms with Gasteiger partial charge in [-0.25, -0.2) is 9.79 Å². The second-order valence-electron chi connectivity index (χ2n) is 7.36. The van der Waals surface area contributed by atoms with Gasteiger partial charge in [0.05, 0.1) is 16.2 Å². The molecule has 0 aromatic heterocycles. The van der Waals surface area contributed by atoms with Gasteiger partial charge in [-0.05, 0) is 72.8 Å². The van der Waals surface area contributed by atoms with E-state index in [1.807, 2.05) is 49.4 Å². The number of thioether (sulfide) groups is 1. The van der Waals surface area contributed by atoms with E-state index in [1.54, 1.807) is 41.3 Å². The van der Waals surface area contributed by atoms with E-state index >= 15 is 0 Å². The smallest absolute Gasteiger partial charge is 0.335 e. The second kappa shape index (κ2) is 10.6. The number of carboxylic acid groups (broad SMARTS) is 1. The van der Waals surface area contributed by atoms with Gasteiger partial charge in [0.15, 0.2) is 5.17 Å². The van der Waals surface area contributed by atoms with Crippen LogP contribution in [0.3, 0.4) is 0 Å². The first kappa shape index (κ1) is 23.6. The lowest BCUT2D eigenvalue weighted by molar-refractivity contribution is -0.122. The number of amidine groups is 1. The fourth-order valence-corrected chi connectivity index (χ4v) is 4.45. The molecule has 1 aliphatic rings. The number of carbonyl (C=O) groups excluding carboxylic acids is 1. The summed E-state index contributed by atoms with van der Waals surface area (Å²) in [6, 6.07) is 21.1. The van der Waals surface area contributed by atoms with Crippen molar-refractivity contribution in [3.8, 4) is 5.75 Å². The summed E-state index contributed by atoms with van der Waals surface area (Å²) in [5.41, 5.74) is 2.55. The van der Waals surface area contributed by atoms with Crippen molar-refractivity contribution in [2.24, 2.45) is 4.99 Å². The van der Waals surface area contributed by atoms with Crippen molar-refractivity contribution in [1.82, 2.24) is 4.90 Å². The van der Waals surface area contributed by atoms with Gasteiger partial charge in [-0.2, -0.15) is 0 Å². The van der Waals surface area contributed by atoms with Gasteiger partial charge < -0.3 is 9.84 Å². The molecule has 172 valence electrons. The van der Waals surface area contributed by atoms with Crippen molar-refractivity contribution < 1.29 is 19.4 Å². The topological polar surface area (TPSA) is 79.2 Å². The maximum atomic E-state index is 13.0. The normalized spacial score (nSPS) is 15.8. The Morgan fingerprint density at radius 3 is 2.47 bits per heavy atom. The van der Waals surface area contributed by atoms with Gasteiger partial charge in [0.2, 0.25) is 0 Å². The molecule has 34 heavy (non-hydrogen) atoms. The molecule has 3 aromatic carbocycles. The van der Waals surface area contributed by atoms with Crippen LogP contribution in [-0.4, -0.2) is 33.6 Å². The number of ether oxygens (including phenoxy) is 1. The van der Waals surface area contributed by atoms with Crippen LogP contribution >= 0.6 is 23.4 Å². The minimum absolute atomic E-state index is 0.112. The molecule has 0 saturated carbocycles. The summed E-state index contributed by atoms with van der Waals surface area (Å²) in [6.07, 6.45) is 1.81. The largest absolute Gasteiger partial charge is 0.488 e. The first-order chi connectivity index (χ1) is 16.4. The molecule has 1 saturated heterocycles. The van der Waals surface area contributed by atoms with Crippen LogP contribution in [-0.2, 0) is 11.4 Å². The van der Waals surface area contributed by atoms with Crippen LogP contribution in [0.15, 0.2) is 82.7 Å². The number of hydrogen-bond donors (Lipinski definition) is 1. The monoisotopic (exact) mass is 492 g/mol. The molecule has 0 radical (unpaired) electrons. The first-order valence-corrected chi connectivity index (χ1v) is 11.7. The van der Waals surface area contributed by atoms with Crippen molar-refractivity contribution in [2.75, 3.05) is 6.54 Å². The van der Waals surface area contributed by atoms with Crippen molar-refractivity contribution in [2.45, 2.75) is 13.5 Å². The number of carbonyl (C=O) groups is 2. The lowest BCUT2D eigenvalue weighted by Crippen LogP contribution is -2.28. The summed E-state index contributed by atoms with van der Waals surface area (Å²) in [6.45, 7) is 2.68. The Morgan fingerprint density at radius 2 is 1.79 bits per heavy atom. The molecule has 0 unspecified atom stereocenters. The van der Waals surface area contributed by atoms with Gasteiger partial charge in [0.25, 0.3) is 5.91 Å². The summed E-state index contributed by atoms with van der Waals surface area (Å²) < 4.78 is 5.99. The average molecular weight is 493 g/mol. The number of aromatic carboxylic acids is 1. The zero-order valence-electron chi connectivity index (χ0n) is 18.3. The van der Waals surface area contributed by atoms with Crippen LogP contribution in [0.25, 0.3) is 6.08 Å². The zero-order chi connectivity index (χ0) is 24.1. The van der Waals surface area contributed by atoms with Gasteiger partial charge in [0.1, 0.15) is 12.4 Å². The number of benzene rings is 3. The molecule has 0 bridgehead atoms. The van der Waals surface area contributed by atoms with Crippen LogP contribution in [0.2, 0.25) is 5.02 Å². The van der Waals surface area contributed by atoms with Gasteiger partial charge in [-0.3, -0.25) is 9.69 Å². The highest BCUT2D eigenvalue weighted by Crippen LogP contribution is 2.35. The highest BCUT2D eigenvalue weighted by Gasteiger charge is 2.32. The van der Waals surface area contributed by atoms with E-state index in [-0.39, 0.29) is 18.1 Å². The minimum Gasteiger partial charge on any atom is -0.488 e. The third kappa shape index (κ3) is 5.50. The molecule has 1 amide bonds. The van der Waals surface area contributed by atoms with Crippen LogP contribution in [0.1, 0.15) is 28.4 Å². The molecule has 0 atom stereocenters. The van der Waals surface area contributed by atoms with Gasteiger partial charge in [-0.1, -0.05) is 41.9 Å². The molecule has 0 spiro atoms. The Morgan fingerprint density at radius 1 is 1.09 bits per heavy atom. The maximum Gasteiger partial charge on any atom is 0.335 e. The number of aliphatic imine (C=N–C) groups is 1. The highest BCUT2D eigenvalue weighted by atomic mass is 35.5. The number of para-hydroxylation sites is 1. The van der Waals surface area contributed by atoms with E-state index in [0.717, 1.165) is 16.8 Å². The number of rotatable bonds is 7. The Labute approximate surface area is 206 Å². The number of carboxylic acids is 1. The summed E-state index contributed by atoms with van der Waals surface area (Å²) >= 11 is 7.27. The van der Waals surface area contributed by atoms with Crippen molar-refractivity contribution in [3.05, 3.63) is 99.4 Å². The SMILES string of the molecule is CCN1C(=O)/C(=C/c2ccccc2OCc2ccc(C(=O)O)cc2)SC1=Nc1ccc(Cl)cc1. The maximum absolute atomic E-state index is 13.0. The summed E-state index contributed by atoms with van der Waals surface area (Å²) in [7, 11) is 0. The van der Waals surface area contributed by atoms with Crippen molar-refractivity contribution >= 4 is 52.2 Å². The molecule has 8 heteroatoms. The predicted octanol–water partition coefficient (Wildman–Crippen LogP) is 6.24. The molecule has 1 fully saturated rings. The van der Waals surface area contributed by atoms with Gasteiger partial charge in [-0.15, -0.1) is 0 Å². The quantitative estimate of drug-likeness (QED) is 0.395. The van der Waals surface area contributed by atoms with Gasteiger partial charge >= 0.3 is 5.97 Å². The molecule has 0 aliphatic carbocycles. The van der Waals surface area contributed by atoms with Crippen molar-refractivity contribution in [1.29, 1.82) is 0 Å². The Kier molecular flexibility index (Phi) is 7.35. The second-order valence-corrected chi connectivity index (χ2v) is 8.80. The fraction of sp³-hybridized carbons (Fsp3) is 0.115. The molecule has 1 heterocycles. The number of amides is 1. The number of likely N-dealkylation sites (N-methyl/N-ethyl adjacent to an activating group) is 1. The van der Waals surface area contributed by atoms with Crippen LogP contribution in [0.4, 0.5) is 5.69 Å². The third-order valence-electron chi connectivity index (χ3n) is 5.06. The molecule has 1 N–H and O–H groups in total. The Hall–Kier alpha value is -3.55. The van der Waals surface area contributed by atoms with E-state index in [4.69, 9.17) is 21.4 Å². The Bertz CT molecular complexity index is 1270. The van der Waals surface area contributed by atoms with Gasteiger partial charge in [0, 0.05) is 17.1 Å². The van der Waals surface area contributed by atoms with Crippen LogP contribution in [0, 0.1) is 0 Å². The first-order valence-electron chi connectivity index (χ1n) is 10.5. The third-order valence-corrected chi connectivity index (χ3v) is 6.32. The molecular formula is C26H21ClN2O4S. The highest BCUT2D eigenvalue weighted by molar-refractivity contribution is 8.18. The summed E-state index contributed by atoms with van der Waals surface area (Å²) in [5.74, 6) is -0.459. The number of hydrogen-bond acceptors (Lipinski definition) is 5. The molecule has 1 aliphatic heterocycles. The lowest BCUT2D eigenvalue weighted by atomic mass is 10.1. The molecule has 6 nitrogen and oxygen atoms in total. The van der Waals surface area contributed by atoms with E-state index < -0.39 is 5.97 Å². The van der Waals surface area contributed by atoms with Crippen molar-refractivity contribution in [3.63, 3.8) is 0 Å². The van der Waals surface area contributed by atoms with E-state index in [0.29, 0.717) is 27.4 Å². The molecular weight excluding hydrogens is 472 g/mol. The predicted molar refractivity (Wildman–Crippen MR) is 136 cm³/mol. The standard InChI is InChI=1S/C26H21ClN2O4S/c1-2-29-24(30)23(34-26(29)28-21-13-11-20(27)12-14-21)15-19-5-3-4-6-22(19)33-16-17-7-9-18(10-8-17)25(31)32/h3-15H,2,16H2,1H3,(H,31,32)/b23-15-,28-26?.